The molecule has 2 rings (SSSR count). The summed E-state index contributed by atoms with van der Waals surface area (Å²) in [6.07, 6.45) is -4.64. The van der Waals surface area contributed by atoms with Crippen molar-refractivity contribution in [2.75, 3.05) is 6.54 Å². The molecule has 0 aliphatic rings. The molecule has 2 aromatic rings. The van der Waals surface area contributed by atoms with Gasteiger partial charge in [0.15, 0.2) is 0 Å². The van der Waals surface area contributed by atoms with E-state index in [0.717, 1.165) is 12.8 Å². The summed E-state index contributed by atoms with van der Waals surface area (Å²) in [5, 5.41) is 40.5. The van der Waals surface area contributed by atoms with Crippen molar-refractivity contribution in [3.63, 3.8) is 0 Å². The number of aromatic hydroxyl groups is 1. The number of hydrogen-bond acceptors (Lipinski definition) is 16. The zero-order valence-corrected chi connectivity index (χ0v) is 50.6. The van der Waals surface area contributed by atoms with Crippen molar-refractivity contribution in [1.82, 2.24) is 0 Å². The molecule has 0 bridgehead atoms. The number of carboxylic acids is 2. The maximum Gasteiger partial charge on any atom is 0.303 e. The number of primary amides is 3. The Hall–Kier alpha value is -7.13. The van der Waals surface area contributed by atoms with Crippen LogP contribution >= 0.6 is 0 Å². The van der Waals surface area contributed by atoms with Crippen molar-refractivity contribution in [2.24, 2.45) is 82.1 Å². The van der Waals surface area contributed by atoms with Gasteiger partial charge in [0.2, 0.25) is 17.7 Å². The minimum atomic E-state index is -1.52. The molecule has 21 nitrogen and oxygen atoms in total. The number of aliphatic hydroxyl groups excluding tert-OH is 1. The van der Waals surface area contributed by atoms with Gasteiger partial charge in [-0.15, -0.1) is 0 Å². The van der Waals surface area contributed by atoms with Gasteiger partial charge in [-0.05, 0) is 94.0 Å². The summed E-state index contributed by atoms with van der Waals surface area (Å²) < 4.78 is 0. The molecule has 12 N–H and O–H groups in total. The fourth-order valence-corrected chi connectivity index (χ4v) is 11.0. The van der Waals surface area contributed by atoms with Gasteiger partial charge in [0.1, 0.15) is 52.0 Å². The molecule has 0 fully saturated rings. The van der Waals surface area contributed by atoms with Crippen molar-refractivity contribution < 1.29 is 82.8 Å². The second-order valence-electron chi connectivity index (χ2n) is 23.8. The Bertz CT molecular complexity index is 2600. The number of hydrogen-bond donors (Lipinski definition) is 8. The van der Waals surface area contributed by atoms with Gasteiger partial charge in [0.05, 0.1) is 12.0 Å². The summed E-state index contributed by atoms with van der Waals surface area (Å²) in [4.78, 5) is 174. The second-order valence-corrected chi connectivity index (χ2v) is 23.8. The van der Waals surface area contributed by atoms with Gasteiger partial charge >= 0.3 is 11.9 Å². The van der Waals surface area contributed by atoms with E-state index in [2.05, 4.69) is 13.8 Å². The highest BCUT2D eigenvalue weighted by atomic mass is 16.4. The third-order valence-corrected chi connectivity index (χ3v) is 16.3. The van der Waals surface area contributed by atoms with Crippen LogP contribution in [0.2, 0.25) is 0 Å². The predicted octanol–water partition coefficient (Wildman–Crippen LogP) is 6.50. The van der Waals surface area contributed by atoms with Crippen molar-refractivity contribution >= 4 is 75.9 Å². The topological polar surface area (TPSA) is 407 Å². The number of rotatable bonds is 50. The fraction of sp³-hybridized carbons (Fsp3) is 0.615. The number of Topliss-reactive ketones (excluding diaryl/α,β-unsaturated/α-hetero) is 8. The Morgan fingerprint density at radius 2 is 0.791 bits per heavy atom. The summed E-state index contributed by atoms with van der Waals surface area (Å²) in [6, 6.07) is 14.6. The van der Waals surface area contributed by atoms with Crippen molar-refractivity contribution in [1.29, 1.82) is 0 Å². The molecule has 0 saturated carbocycles. The maximum absolute atomic E-state index is 14.6. The second kappa shape index (κ2) is 39.5. The number of carbonyl (C=O) groups excluding carboxylic acids is 11. The van der Waals surface area contributed by atoms with Crippen LogP contribution in [0, 0.1) is 59.2 Å². The van der Waals surface area contributed by atoms with E-state index in [1.807, 2.05) is 0 Å². The first kappa shape index (κ1) is 75.0. The summed E-state index contributed by atoms with van der Waals surface area (Å²) in [5.74, 6) is -19.9. The molecule has 0 radical (unpaired) electrons. The van der Waals surface area contributed by atoms with E-state index >= 15 is 0 Å². The third kappa shape index (κ3) is 29.3. The molecule has 86 heavy (non-hydrogen) atoms. The van der Waals surface area contributed by atoms with E-state index < -0.39 is 206 Å². The molecule has 0 saturated heterocycles. The van der Waals surface area contributed by atoms with Crippen LogP contribution in [-0.2, 0) is 75.2 Å². The number of benzene rings is 2. The van der Waals surface area contributed by atoms with E-state index in [1.165, 1.54) is 19.1 Å². The lowest BCUT2D eigenvalue weighted by Crippen LogP contribution is -2.35. The van der Waals surface area contributed by atoms with Crippen molar-refractivity contribution in [3.8, 4) is 5.75 Å². The molecule has 0 heterocycles. The molecular formula is C65H94N4O17. The number of nitrogens with two attached hydrogens (primary N) is 4. The summed E-state index contributed by atoms with van der Waals surface area (Å²) in [5.41, 5.74) is 23.6. The maximum atomic E-state index is 14.6. The Morgan fingerprint density at radius 3 is 1.24 bits per heavy atom. The minimum Gasteiger partial charge on any atom is -0.508 e. The van der Waals surface area contributed by atoms with E-state index in [-0.39, 0.29) is 57.2 Å². The van der Waals surface area contributed by atoms with Gasteiger partial charge in [-0.25, -0.2) is 0 Å². The standard InChI is InChI=1S/C65H94N4O17/c1-5-43(36-61(67)80)53(72)35-50(37-62(68)81)58(77)34-48(27-41-14-7-6-8-15-41)56(75)29-44(16-11-12-26-66)59(78)38-52(40(4)70)60(79)31-46(21-25-64(84)85)54(73)30-45(20-24-63(82)83)55(74)33-49(28-42-18-22-51(71)23-19-42)57(76)32-47(65(69)86)17-10-9-13-39(2)3/h6-8,14-15,18-19,22-23,39-40,43-50,52,70-71H,5,9-13,16-17,20-21,24-38,66H2,1-4H3,(H2,67,80)(H2,68,81)(H2,69,86)(H,82,83)(H,84,85). The van der Waals surface area contributed by atoms with Crippen molar-refractivity contribution in [3.05, 3.63) is 65.7 Å². The van der Waals surface area contributed by atoms with Crippen LogP contribution in [0.3, 0.4) is 0 Å². The number of carbonyl (C=O) groups is 13. The number of ketones is 8. The molecule has 10 unspecified atom stereocenters. The summed E-state index contributed by atoms with van der Waals surface area (Å²) in [6.45, 7) is 7.27. The van der Waals surface area contributed by atoms with Crippen molar-refractivity contribution in [2.45, 2.75) is 188 Å². The Labute approximate surface area is 504 Å². The number of phenolic OH excluding ortho intramolecular Hbond substituents is 1. The van der Waals surface area contributed by atoms with Gasteiger partial charge in [-0.2, -0.15) is 0 Å². The number of aliphatic hydroxyl groups is 1. The third-order valence-electron chi connectivity index (χ3n) is 16.3. The zero-order chi connectivity index (χ0) is 64.6. The summed E-state index contributed by atoms with van der Waals surface area (Å²) >= 11 is 0. The number of amides is 3. The SMILES string of the molecule is CCC(CC(N)=O)C(=O)CC(CC(N)=O)C(=O)CC(Cc1ccccc1)C(=O)CC(CCCCN)C(=O)CC(C(=O)CC(CCC(=O)O)C(=O)CC(CCC(=O)O)C(=O)CC(Cc1ccc(O)cc1)C(=O)CC(CCCCC(C)C)C(N)=O)C(C)O. The van der Waals surface area contributed by atoms with Crippen LogP contribution in [0.15, 0.2) is 54.6 Å². The van der Waals surface area contributed by atoms with Crippen LogP contribution in [0.1, 0.15) is 180 Å². The highest BCUT2D eigenvalue weighted by Gasteiger charge is 2.38. The average molecular weight is 1200 g/mol. The number of phenols is 1. The van der Waals surface area contributed by atoms with Crippen LogP contribution in [0.4, 0.5) is 0 Å². The number of unbranched alkanes of at least 4 members (excludes halogenated alkanes) is 2. The molecule has 0 spiro atoms. The molecule has 21 heteroatoms. The fourth-order valence-electron chi connectivity index (χ4n) is 11.0. The van der Waals surface area contributed by atoms with Gasteiger partial charge in [-0.3, -0.25) is 62.3 Å². The Morgan fingerprint density at radius 1 is 0.419 bits per heavy atom. The molecule has 476 valence electrons. The number of aliphatic carboxylic acids is 2. The number of carboxylic acid groups (broad SMARTS) is 2. The smallest absolute Gasteiger partial charge is 0.303 e. The monoisotopic (exact) mass is 1200 g/mol. The lowest BCUT2D eigenvalue weighted by Gasteiger charge is -2.26. The largest absolute Gasteiger partial charge is 0.508 e. The normalized spacial score (nSPS) is 14.9. The minimum absolute atomic E-state index is 0.0175. The molecule has 0 aliphatic heterocycles. The molecule has 10 atom stereocenters. The average Bonchev–Trinajstić information content (AvgIpc) is 2.82. The predicted molar refractivity (Wildman–Crippen MR) is 319 cm³/mol. The summed E-state index contributed by atoms with van der Waals surface area (Å²) in [7, 11) is 0. The Kier molecular flexibility index (Phi) is 34.5. The quantitative estimate of drug-likeness (QED) is 0.0328. The molecule has 2 aromatic carbocycles. The van der Waals surface area contributed by atoms with Crippen LogP contribution in [0.25, 0.3) is 0 Å². The van der Waals surface area contributed by atoms with Gasteiger partial charge in [0.25, 0.3) is 0 Å². The van der Waals surface area contributed by atoms with Crippen LogP contribution < -0.4 is 22.9 Å². The van der Waals surface area contributed by atoms with Crippen LogP contribution in [0.5, 0.6) is 5.75 Å². The van der Waals surface area contributed by atoms with E-state index in [0.29, 0.717) is 42.7 Å². The first-order valence-corrected chi connectivity index (χ1v) is 30.3. The molecule has 0 aliphatic carbocycles. The van der Waals surface area contributed by atoms with Crippen LogP contribution in [-0.4, -0.2) is 109 Å². The molecule has 3 amide bonds. The highest BCUT2D eigenvalue weighted by molar-refractivity contribution is 5.98. The van der Waals surface area contributed by atoms with Gasteiger partial charge < -0.3 is 43.4 Å². The lowest BCUT2D eigenvalue weighted by atomic mass is 9.77. The molecule has 0 aromatic heterocycles. The molecular weight excluding hydrogens is 1110 g/mol. The van der Waals surface area contributed by atoms with Gasteiger partial charge in [-0.1, -0.05) is 88.9 Å². The van der Waals surface area contributed by atoms with E-state index in [4.69, 9.17) is 22.9 Å². The lowest BCUT2D eigenvalue weighted by molar-refractivity contribution is -0.141. The Balaban J connectivity index is 2.52. The van der Waals surface area contributed by atoms with Gasteiger partial charge in [0, 0.05) is 124 Å². The highest BCUT2D eigenvalue weighted by Crippen LogP contribution is 2.32. The first-order valence-electron chi connectivity index (χ1n) is 30.3. The first-order chi connectivity index (χ1) is 40.5. The van der Waals surface area contributed by atoms with E-state index in [9.17, 15) is 82.8 Å². The van der Waals surface area contributed by atoms with E-state index in [1.54, 1.807) is 49.4 Å². The zero-order valence-electron chi connectivity index (χ0n) is 50.6.